The van der Waals surface area contributed by atoms with Crippen molar-refractivity contribution in [1.82, 2.24) is 4.98 Å². The van der Waals surface area contributed by atoms with Crippen LogP contribution in [-0.4, -0.2) is 9.97 Å². The smallest absolute Gasteiger partial charge is 0.124 e. The summed E-state index contributed by atoms with van der Waals surface area (Å²) < 4.78 is 0. The van der Waals surface area contributed by atoms with Crippen molar-refractivity contribution < 1.29 is 0 Å². The third-order valence-corrected chi connectivity index (χ3v) is 4.64. The number of nitrogens with zero attached hydrogens (tertiary/aromatic N) is 1. The van der Waals surface area contributed by atoms with Gasteiger partial charge < -0.3 is 5.73 Å². The van der Waals surface area contributed by atoms with Gasteiger partial charge in [-0.15, -0.1) is 11.3 Å². The Bertz CT molecular complexity index is 619. The second-order valence-electron chi connectivity index (χ2n) is 5.86. The van der Waals surface area contributed by atoms with Crippen molar-refractivity contribution in [3.8, 4) is 10.6 Å². The molecule has 0 unspecified atom stereocenters. The van der Waals surface area contributed by atoms with E-state index in [9.17, 15) is 0 Å². The van der Waals surface area contributed by atoms with Crippen LogP contribution in [0.1, 0.15) is 43.8 Å². The number of hydrogen-bond acceptors (Lipinski definition) is 3. The highest BCUT2D eigenvalue weighted by Gasteiger charge is 2.24. The van der Waals surface area contributed by atoms with Crippen molar-refractivity contribution in [2.75, 3.05) is 0 Å². The first kappa shape index (κ1) is 15.1. The third kappa shape index (κ3) is 3.07. The molecule has 2 nitrogen and oxygen atoms in total. The number of benzene rings is 1. The highest BCUT2D eigenvalue weighted by Crippen LogP contribution is 2.34. The molecule has 0 atom stereocenters. The maximum absolute atomic E-state index is 5.85. The number of hydrogen-bond donors (Lipinski definition) is 1. The molecule has 0 spiro atoms. The second-order valence-corrected chi connectivity index (χ2v) is 7.30. The molecule has 0 fully saturated rings. The molecule has 0 bridgehead atoms. The molecular formula is C16H20N2S2. The molecule has 0 aliphatic carbocycles. The maximum atomic E-state index is 5.85. The van der Waals surface area contributed by atoms with Crippen molar-refractivity contribution in [3.63, 3.8) is 0 Å². The highest BCUT2D eigenvalue weighted by molar-refractivity contribution is 7.81. The van der Waals surface area contributed by atoms with Gasteiger partial charge in [0.25, 0.3) is 0 Å². The molecular weight excluding hydrogens is 284 g/mol. The van der Waals surface area contributed by atoms with E-state index in [2.05, 4.69) is 52.0 Å². The summed E-state index contributed by atoms with van der Waals surface area (Å²) in [7, 11) is 0. The van der Waals surface area contributed by atoms with Gasteiger partial charge in [0.05, 0.1) is 10.6 Å². The van der Waals surface area contributed by atoms with E-state index in [1.54, 1.807) is 11.3 Å². The van der Waals surface area contributed by atoms with Crippen LogP contribution < -0.4 is 5.73 Å². The van der Waals surface area contributed by atoms with Gasteiger partial charge in [-0.2, -0.15) is 0 Å². The van der Waals surface area contributed by atoms with Crippen LogP contribution in [-0.2, 0) is 11.8 Å². The molecule has 2 aromatic rings. The van der Waals surface area contributed by atoms with Gasteiger partial charge >= 0.3 is 0 Å². The molecule has 1 aromatic heterocycles. The van der Waals surface area contributed by atoms with Gasteiger partial charge in [0.15, 0.2) is 0 Å². The first-order chi connectivity index (χ1) is 9.32. The molecule has 1 heterocycles. The summed E-state index contributed by atoms with van der Waals surface area (Å²) in [4.78, 5) is 6.15. The molecule has 20 heavy (non-hydrogen) atoms. The monoisotopic (exact) mass is 304 g/mol. The molecule has 0 amide bonds. The fourth-order valence-electron chi connectivity index (χ4n) is 2.00. The summed E-state index contributed by atoms with van der Waals surface area (Å²) in [6.45, 7) is 8.55. The van der Waals surface area contributed by atoms with E-state index in [4.69, 9.17) is 22.9 Å². The van der Waals surface area contributed by atoms with Crippen LogP contribution in [0, 0.1) is 0 Å². The zero-order valence-corrected chi connectivity index (χ0v) is 14.0. The Balaban J connectivity index is 2.50. The number of rotatable bonds is 3. The van der Waals surface area contributed by atoms with E-state index >= 15 is 0 Å². The molecule has 0 aliphatic rings. The molecule has 0 radical (unpaired) electrons. The Morgan fingerprint density at radius 1 is 1.25 bits per heavy atom. The zero-order chi connectivity index (χ0) is 14.9. The molecule has 0 saturated carbocycles. The van der Waals surface area contributed by atoms with E-state index in [1.165, 1.54) is 5.56 Å². The van der Waals surface area contributed by atoms with Crippen LogP contribution in [0.5, 0.6) is 0 Å². The predicted molar refractivity (Wildman–Crippen MR) is 91.5 cm³/mol. The lowest BCUT2D eigenvalue weighted by Crippen LogP contribution is -2.19. The minimum absolute atomic E-state index is 0.0587. The summed E-state index contributed by atoms with van der Waals surface area (Å²) in [5, 5.41) is 0.986. The zero-order valence-electron chi connectivity index (χ0n) is 12.4. The molecule has 106 valence electrons. The first-order valence-corrected chi connectivity index (χ1v) is 7.96. The minimum atomic E-state index is -0.0587. The summed E-state index contributed by atoms with van der Waals surface area (Å²) in [6, 6.07) is 8.53. The molecule has 2 rings (SSSR count). The SMILES string of the molecule is CCc1ccc(-c2nc(C(C)(C)C)c(C(N)=S)s2)cc1. The number of aromatic nitrogens is 1. The predicted octanol–water partition coefficient (Wildman–Crippen LogP) is 4.30. The first-order valence-electron chi connectivity index (χ1n) is 6.73. The summed E-state index contributed by atoms with van der Waals surface area (Å²) in [5.74, 6) is 0. The molecule has 4 heteroatoms. The van der Waals surface area contributed by atoms with Gasteiger partial charge in [0.2, 0.25) is 0 Å². The molecule has 2 N–H and O–H groups in total. The fourth-order valence-corrected chi connectivity index (χ4v) is 3.36. The fraction of sp³-hybridized carbons (Fsp3) is 0.375. The molecule has 0 aliphatic heterocycles. The van der Waals surface area contributed by atoms with Crippen molar-refractivity contribution in [1.29, 1.82) is 0 Å². The quantitative estimate of drug-likeness (QED) is 0.859. The van der Waals surface area contributed by atoms with Gasteiger partial charge in [0.1, 0.15) is 10.00 Å². The average Bonchev–Trinajstić information content (AvgIpc) is 2.84. The van der Waals surface area contributed by atoms with Gasteiger partial charge in [-0.3, -0.25) is 0 Å². The molecule has 1 aromatic carbocycles. The minimum Gasteiger partial charge on any atom is -0.389 e. The standard InChI is InChI=1S/C16H20N2S2/c1-5-10-6-8-11(9-7-10)15-18-13(16(2,3)4)12(20-15)14(17)19/h6-9H,5H2,1-4H3,(H2,17,19). The number of thiazole rings is 1. The van der Waals surface area contributed by atoms with Crippen LogP contribution in [0.15, 0.2) is 24.3 Å². The van der Waals surface area contributed by atoms with Gasteiger partial charge in [-0.25, -0.2) is 4.98 Å². The average molecular weight is 304 g/mol. The third-order valence-electron chi connectivity index (χ3n) is 3.17. The number of aryl methyl sites for hydroxylation is 1. The van der Waals surface area contributed by atoms with Crippen molar-refractivity contribution in [2.45, 2.75) is 39.5 Å². The van der Waals surface area contributed by atoms with E-state index in [0.717, 1.165) is 27.6 Å². The van der Waals surface area contributed by atoms with E-state index < -0.39 is 0 Å². The van der Waals surface area contributed by atoms with Crippen LogP contribution in [0.25, 0.3) is 10.6 Å². The van der Waals surface area contributed by atoms with E-state index in [0.29, 0.717) is 4.99 Å². The lowest BCUT2D eigenvalue weighted by atomic mass is 9.91. The highest BCUT2D eigenvalue weighted by atomic mass is 32.1. The van der Waals surface area contributed by atoms with E-state index in [-0.39, 0.29) is 5.41 Å². The largest absolute Gasteiger partial charge is 0.389 e. The van der Waals surface area contributed by atoms with Crippen molar-refractivity contribution in [2.24, 2.45) is 5.73 Å². The Morgan fingerprint density at radius 2 is 1.85 bits per heavy atom. The summed E-state index contributed by atoms with van der Waals surface area (Å²) >= 11 is 6.75. The Kier molecular flexibility index (Phi) is 4.25. The van der Waals surface area contributed by atoms with Crippen molar-refractivity contribution in [3.05, 3.63) is 40.4 Å². The van der Waals surface area contributed by atoms with Gasteiger partial charge in [-0.05, 0) is 12.0 Å². The van der Waals surface area contributed by atoms with Crippen LogP contribution in [0.2, 0.25) is 0 Å². The van der Waals surface area contributed by atoms with Gasteiger partial charge in [-0.1, -0.05) is 64.2 Å². The Morgan fingerprint density at radius 3 is 2.25 bits per heavy atom. The maximum Gasteiger partial charge on any atom is 0.124 e. The normalized spacial score (nSPS) is 11.6. The van der Waals surface area contributed by atoms with Crippen LogP contribution in [0.4, 0.5) is 0 Å². The Hall–Kier alpha value is -1.26. The Labute approximate surface area is 130 Å². The van der Waals surface area contributed by atoms with Crippen LogP contribution in [0.3, 0.4) is 0 Å². The van der Waals surface area contributed by atoms with Gasteiger partial charge in [0, 0.05) is 11.0 Å². The summed E-state index contributed by atoms with van der Waals surface area (Å²) in [5.41, 5.74) is 9.24. The van der Waals surface area contributed by atoms with Crippen molar-refractivity contribution >= 4 is 28.5 Å². The summed E-state index contributed by atoms with van der Waals surface area (Å²) in [6.07, 6.45) is 1.05. The second kappa shape index (κ2) is 5.62. The lowest BCUT2D eigenvalue weighted by Gasteiger charge is -2.16. The number of thiocarbonyl (C=S) groups is 1. The lowest BCUT2D eigenvalue weighted by molar-refractivity contribution is 0.572. The van der Waals surface area contributed by atoms with Crippen LogP contribution >= 0.6 is 23.6 Å². The number of nitrogens with two attached hydrogens (primary N) is 1. The molecule has 0 saturated heterocycles. The topological polar surface area (TPSA) is 38.9 Å². The van der Waals surface area contributed by atoms with E-state index in [1.807, 2.05) is 0 Å².